The second-order valence-electron chi connectivity index (χ2n) is 5.42. The highest BCUT2D eigenvalue weighted by Gasteiger charge is 2.08. The molecule has 3 aromatic rings. The fourth-order valence-electron chi connectivity index (χ4n) is 2.34. The van der Waals surface area contributed by atoms with Gasteiger partial charge in [0.05, 0.1) is 5.69 Å². The summed E-state index contributed by atoms with van der Waals surface area (Å²) in [5.74, 6) is 0. The maximum atomic E-state index is 12.1. The minimum atomic E-state index is -0.247. The first-order valence-corrected chi connectivity index (χ1v) is 7.68. The van der Waals surface area contributed by atoms with Gasteiger partial charge in [-0.1, -0.05) is 23.8 Å². The highest BCUT2D eigenvalue weighted by Crippen LogP contribution is 2.20. The third-order valence-electron chi connectivity index (χ3n) is 3.59. The number of pyridine rings is 2. The number of carbonyl (C=O) groups is 1. The molecule has 0 bridgehead atoms. The van der Waals surface area contributed by atoms with E-state index in [1.807, 2.05) is 55.5 Å². The van der Waals surface area contributed by atoms with Crippen LogP contribution in [-0.4, -0.2) is 16.0 Å². The van der Waals surface area contributed by atoms with Crippen molar-refractivity contribution in [3.63, 3.8) is 0 Å². The first-order valence-electron chi connectivity index (χ1n) is 7.68. The summed E-state index contributed by atoms with van der Waals surface area (Å²) in [5, 5.41) is 5.68. The number of urea groups is 1. The Morgan fingerprint density at radius 2 is 1.75 bits per heavy atom. The molecule has 24 heavy (non-hydrogen) atoms. The molecule has 2 heterocycles. The van der Waals surface area contributed by atoms with E-state index in [1.165, 1.54) is 0 Å². The third-order valence-corrected chi connectivity index (χ3v) is 3.59. The van der Waals surface area contributed by atoms with Crippen molar-refractivity contribution in [2.75, 3.05) is 5.32 Å². The molecule has 0 saturated heterocycles. The minimum Gasteiger partial charge on any atom is -0.334 e. The van der Waals surface area contributed by atoms with Crippen molar-refractivity contribution in [3.8, 4) is 11.3 Å². The van der Waals surface area contributed by atoms with Crippen molar-refractivity contribution in [1.82, 2.24) is 15.3 Å². The quantitative estimate of drug-likeness (QED) is 0.769. The lowest BCUT2D eigenvalue weighted by atomic mass is 10.1. The first-order chi connectivity index (χ1) is 11.7. The molecule has 5 heteroatoms. The zero-order chi connectivity index (χ0) is 16.8. The van der Waals surface area contributed by atoms with E-state index >= 15 is 0 Å². The number of nitrogens with zero attached hydrogens (tertiary/aromatic N) is 2. The van der Waals surface area contributed by atoms with E-state index in [0.29, 0.717) is 6.54 Å². The number of hydrogen-bond acceptors (Lipinski definition) is 3. The molecule has 120 valence electrons. The second kappa shape index (κ2) is 7.37. The molecule has 0 aliphatic rings. The van der Waals surface area contributed by atoms with Gasteiger partial charge in [-0.2, -0.15) is 0 Å². The van der Waals surface area contributed by atoms with Crippen LogP contribution in [0.15, 0.2) is 67.1 Å². The minimum absolute atomic E-state index is 0.247. The van der Waals surface area contributed by atoms with Gasteiger partial charge in [-0.15, -0.1) is 0 Å². The van der Waals surface area contributed by atoms with Crippen LogP contribution in [0.3, 0.4) is 0 Å². The molecular formula is C19H18N4O. The summed E-state index contributed by atoms with van der Waals surface area (Å²) in [7, 11) is 0. The third kappa shape index (κ3) is 3.95. The SMILES string of the molecule is Cc1ccc(NC(=O)NCc2cccnc2-c2ccncc2)cc1. The molecule has 0 radical (unpaired) electrons. The molecule has 0 spiro atoms. The Morgan fingerprint density at radius 1 is 1.00 bits per heavy atom. The zero-order valence-corrected chi connectivity index (χ0v) is 13.4. The molecule has 5 nitrogen and oxygen atoms in total. The summed E-state index contributed by atoms with van der Waals surface area (Å²) in [6.07, 6.45) is 5.20. The van der Waals surface area contributed by atoms with Crippen LogP contribution in [-0.2, 0) is 6.54 Å². The molecule has 0 saturated carbocycles. The maximum Gasteiger partial charge on any atom is 0.319 e. The van der Waals surface area contributed by atoms with Crippen LogP contribution in [0.25, 0.3) is 11.3 Å². The number of benzene rings is 1. The van der Waals surface area contributed by atoms with Crippen molar-refractivity contribution >= 4 is 11.7 Å². The maximum absolute atomic E-state index is 12.1. The van der Waals surface area contributed by atoms with Gasteiger partial charge in [0, 0.05) is 36.4 Å². The van der Waals surface area contributed by atoms with Crippen LogP contribution in [0.5, 0.6) is 0 Å². The molecule has 2 N–H and O–H groups in total. The average molecular weight is 318 g/mol. The number of anilines is 1. The summed E-state index contributed by atoms with van der Waals surface area (Å²) >= 11 is 0. The monoisotopic (exact) mass is 318 g/mol. The smallest absolute Gasteiger partial charge is 0.319 e. The Labute approximate surface area is 140 Å². The number of carbonyl (C=O) groups excluding carboxylic acids is 1. The zero-order valence-electron chi connectivity index (χ0n) is 13.4. The molecule has 1 aromatic carbocycles. The molecule has 0 atom stereocenters. The van der Waals surface area contributed by atoms with Crippen molar-refractivity contribution < 1.29 is 4.79 Å². The van der Waals surface area contributed by atoms with Gasteiger partial charge in [0.25, 0.3) is 0 Å². The topological polar surface area (TPSA) is 66.9 Å². The molecule has 0 aliphatic carbocycles. The lowest BCUT2D eigenvalue weighted by molar-refractivity contribution is 0.252. The van der Waals surface area contributed by atoms with E-state index < -0.39 is 0 Å². The highest BCUT2D eigenvalue weighted by atomic mass is 16.2. The fraction of sp³-hybridized carbons (Fsp3) is 0.105. The fourth-order valence-corrected chi connectivity index (χ4v) is 2.34. The van der Waals surface area contributed by atoms with Gasteiger partial charge in [-0.3, -0.25) is 9.97 Å². The number of amides is 2. The van der Waals surface area contributed by atoms with E-state index in [9.17, 15) is 4.79 Å². The van der Waals surface area contributed by atoms with Crippen LogP contribution in [0.2, 0.25) is 0 Å². The molecular weight excluding hydrogens is 300 g/mol. The lowest BCUT2D eigenvalue weighted by Gasteiger charge is -2.11. The van der Waals surface area contributed by atoms with E-state index in [0.717, 1.165) is 28.1 Å². The number of rotatable bonds is 4. The molecule has 0 unspecified atom stereocenters. The predicted molar refractivity (Wildman–Crippen MR) is 94.5 cm³/mol. The Hall–Kier alpha value is -3.21. The van der Waals surface area contributed by atoms with Gasteiger partial charge in [0.1, 0.15) is 0 Å². The molecule has 0 aliphatic heterocycles. The van der Waals surface area contributed by atoms with Gasteiger partial charge >= 0.3 is 6.03 Å². The summed E-state index contributed by atoms with van der Waals surface area (Å²) in [5.41, 5.74) is 4.68. The van der Waals surface area contributed by atoms with Crippen molar-refractivity contribution in [1.29, 1.82) is 0 Å². The van der Waals surface area contributed by atoms with E-state index in [4.69, 9.17) is 0 Å². The number of hydrogen-bond donors (Lipinski definition) is 2. The Morgan fingerprint density at radius 3 is 2.50 bits per heavy atom. The van der Waals surface area contributed by atoms with Crippen LogP contribution in [0.1, 0.15) is 11.1 Å². The highest BCUT2D eigenvalue weighted by molar-refractivity contribution is 5.89. The second-order valence-corrected chi connectivity index (χ2v) is 5.42. The number of nitrogens with one attached hydrogen (secondary N) is 2. The van der Waals surface area contributed by atoms with Gasteiger partial charge in [-0.05, 0) is 42.8 Å². The molecule has 3 rings (SSSR count). The molecule has 2 amide bonds. The van der Waals surface area contributed by atoms with Gasteiger partial charge in [0.15, 0.2) is 0 Å². The largest absolute Gasteiger partial charge is 0.334 e. The van der Waals surface area contributed by atoms with Crippen molar-refractivity contribution in [3.05, 3.63) is 78.2 Å². The first kappa shape index (κ1) is 15.7. The van der Waals surface area contributed by atoms with E-state index in [-0.39, 0.29) is 6.03 Å². The number of aryl methyl sites for hydroxylation is 1. The van der Waals surface area contributed by atoms with Gasteiger partial charge in [0.2, 0.25) is 0 Å². The van der Waals surface area contributed by atoms with Crippen molar-refractivity contribution in [2.24, 2.45) is 0 Å². The normalized spacial score (nSPS) is 10.2. The Kier molecular flexibility index (Phi) is 4.81. The summed E-state index contributed by atoms with van der Waals surface area (Å²) in [6.45, 7) is 2.40. The molecule has 0 fully saturated rings. The van der Waals surface area contributed by atoms with Crippen LogP contribution < -0.4 is 10.6 Å². The summed E-state index contributed by atoms with van der Waals surface area (Å²) in [4.78, 5) is 20.5. The van der Waals surface area contributed by atoms with Crippen molar-refractivity contribution in [2.45, 2.75) is 13.5 Å². The van der Waals surface area contributed by atoms with Gasteiger partial charge in [-0.25, -0.2) is 4.79 Å². The van der Waals surface area contributed by atoms with Crippen LogP contribution >= 0.6 is 0 Å². The lowest BCUT2D eigenvalue weighted by Crippen LogP contribution is -2.28. The predicted octanol–water partition coefficient (Wildman–Crippen LogP) is 3.77. The van der Waals surface area contributed by atoms with Crippen LogP contribution in [0.4, 0.5) is 10.5 Å². The van der Waals surface area contributed by atoms with Gasteiger partial charge < -0.3 is 10.6 Å². The summed E-state index contributed by atoms with van der Waals surface area (Å²) < 4.78 is 0. The summed E-state index contributed by atoms with van der Waals surface area (Å²) in [6, 6.07) is 15.0. The standard InChI is InChI=1S/C19H18N4O/c1-14-4-6-17(7-5-14)23-19(24)22-13-16-3-2-10-21-18(16)15-8-11-20-12-9-15/h2-12H,13H2,1H3,(H2,22,23,24). The molecule has 2 aromatic heterocycles. The average Bonchev–Trinajstić information content (AvgIpc) is 2.63. The van der Waals surface area contributed by atoms with E-state index in [2.05, 4.69) is 20.6 Å². The van der Waals surface area contributed by atoms with E-state index in [1.54, 1.807) is 18.6 Å². The Balaban J connectivity index is 1.66. The van der Waals surface area contributed by atoms with Crippen LogP contribution in [0, 0.1) is 6.92 Å². The number of aromatic nitrogens is 2. The Bertz CT molecular complexity index is 816.